The van der Waals surface area contributed by atoms with Crippen LogP contribution in [-0.4, -0.2) is 43.8 Å². The molecule has 0 heterocycles. The number of benzene rings is 4. The number of sulfonamides is 1. The van der Waals surface area contributed by atoms with E-state index in [9.17, 15) is 18.0 Å². The number of nitrogens with one attached hydrogen (secondary N) is 1. The van der Waals surface area contributed by atoms with Gasteiger partial charge in [0.05, 0.1) is 10.6 Å². The number of amides is 2. The average molecular weight is 691 g/mol. The monoisotopic (exact) mass is 689 g/mol. The predicted molar refractivity (Wildman–Crippen MR) is 183 cm³/mol. The van der Waals surface area contributed by atoms with Crippen LogP contribution in [0.3, 0.4) is 0 Å². The zero-order chi connectivity index (χ0) is 32.6. The first-order valence-corrected chi connectivity index (χ1v) is 17.3. The van der Waals surface area contributed by atoms with Crippen LogP contribution in [0.1, 0.15) is 42.5 Å². The first-order chi connectivity index (χ1) is 21.5. The molecule has 236 valence electrons. The molecule has 4 rings (SSSR count). The first-order valence-electron chi connectivity index (χ1n) is 15.0. The lowest BCUT2D eigenvalue weighted by atomic mass is 10.0. The van der Waals surface area contributed by atoms with Crippen LogP contribution in [-0.2, 0) is 32.6 Å². The number of rotatable bonds is 13. The molecular weight excluding hydrogens is 650 g/mol. The van der Waals surface area contributed by atoms with Crippen molar-refractivity contribution in [2.75, 3.05) is 10.8 Å². The summed E-state index contributed by atoms with van der Waals surface area (Å²) in [4.78, 5) is 30.1. The predicted octanol–water partition coefficient (Wildman–Crippen LogP) is 6.82. The van der Waals surface area contributed by atoms with E-state index in [0.717, 1.165) is 37.5 Å². The fourth-order valence-corrected chi connectivity index (χ4v) is 6.81. The molecule has 2 atom stereocenters. The summed E-state index contributed by atoms with van der Waals surface area (Å²) < 4.78 is 30.4. The van der Waals surface area contributed by atoms with Gasteiger partial charge in [-0.1, -0.05) is 89.6 Å². The van der Waals surface area contributed by atoms with Gasteiger partial charge in [-0.3, -0.25) is 13.9 Å². The van der Waals surface area contributed by atoms with Gasteiger partial charge in [-0.05, 0) is 85.8 Å². The van der Waals surface area contributed by atoms with E-state index in [2.05, 4.69) is 21.2 Å². The second-order valence-electron chi connectivity index (χ2n) is 11.3. The van der Waals surface area contributed by atoms with Crippen LogP contribution in [0.5, 0.6) is 0 Å². The summed E-state index contributed by atoms with van der Waals surface area (Å²) in [6.07, 6.45) is 0.987. The molecule has 0 saturated carbocycles. The van der Waals surface area contributed by atoms with Crippen molar-refractivity contribution in [1.82, 2.24) is 10.2 Å². The Morgan fingerprint density at radius 2 is 1.40 bits per heavy atom. The third-order valence-corrected chi connectivity index (χ3v) is 9.96. The maximum atomic E-state index is 14.6. The Morgan fingerprint density at radius 3 is 1.98 bits per heavy atom. The van der Waals surface area contributed by atoms with Crippen molar-refractivity contribution in [2.45, 2.75) is 64.1 Å². The van der Waals surface area contributed by atoms with E-state index in [1.165, 1.54) is 17.0 Å². The van der Waals surface area contributed by atoms with E-state index in [0.29, 0.717) is 5.69 Å². The Kier molecular flexibility index (Phi) is 11.6. The molecule has 0 aliphatic rings. The highest BCUT2D eigenvalue weighted by atomic mass is 79.9. The van der Waals surface area contributed by atoms with E-state index in [1.54, 1.807) is 30.3 Å². The van der Waals surface area contributed by atoms with E-state index in [-0.39, 0.29) is 29.8 Å². The van der Waals surface area contributed by atoms with Gasteiger partial charge in [-0.15, -0.1) is 0 Å². The molecule has 0 saturated heterocycles. The molecule has 0 unspecified atom stereocenters. The van der Waals surface area contributed by atoms with Crippen molar-refractivity contribution >= 4 is 43.5 Å². The van der Waals surface area contributed by atoms with Gasteiger partial charge in [0.25, 0.3) is 10.0 Å². The fourth-order valence-electron chi connectivity index (χ4n) is 5.12. The van der Waals surface area contributed by atoms with Crippen LogP contribution in [0.4, 0.5) is 5.69 Å². The molecule has 7 nitrogen and oxygen atoms in total. The van der Waals surface area contributed by atoms with Gasteiger partial charge >= 0.3 is 0 Å². The first kappa shape index (κ1) is 33.9. The lowest BCUT2D eigenvalue weighted by Gasteiger charge is -2.34. The summed E-state index contributed by atoms with van der Waals surface area (Å²) in [6, 6.07) is 29.7. The highest BCUT2D eigenvalue weighted by molar-refractivity contribution is 9.10. The second-order valence-corrected chi connectivity index (χ2v) is 14.1. The number of carbonyl (C=O) groups excluding carboxylic acids is 2. The molecule has 45 heavy (non-hydrogen) atoms. The molecule has 0 aromatic heterocycles. The molecule has 0 aliphatic carbocycles. The SMILES string of the molecule is CC[C@@H](C)NC(=O)[C@H](Cc1ccccc1)N(Cc1ccc(Br)cc1)C(=O)CN(c1cc(C)cc(C)c1)S(=O)(=O)c1ccccc1. The minimum absolute atomic E-state index is 0.0757. The number of aryl methyl sites for hydroxylation is 2. The lowest BCUT2D eigenvalue weighted by molar-refractivity contribution is -0.140. The molecule has 1 N–H and O–H groups in total. The third-order valence-electron chi connectivity index (χ3n) is 7.64. The van der Waals surface area contributed by atoms with Crippen molar-refractivity contribution < 1.29 is 18.0 Å². The minimum atomic E-state index is -4.14. The van der Waals surface area contributed by atoms with Gasteiger partial charge < -0.3 is 10.2 Å². The molecular formula is C36H40BrN3O4S. The van der Waals surface area contributed by atoms with Crippen molar-refractivity contribution in [1.29, 1.82) is 0 Å². The molecule has 9 heteroatoms. The van der Waals surface area contributed by atoms with Crippen LogP contribution < -0.4 is 9.62 Å². The second kappa shape index (κ2) is 15.4. The number of nitrogens with zero attached hydrogens (tertiary/aromatic N) is 2. The lowest BCUT2D eigenvalue weighted by Crippen LogP contribution is -2.54. The maximum absolute atomic E-state index is 14.6. The van der Waals surface area contributed by atoms with Crippen LogP contribution in [0.25, 0.3) is 0 Å². The number of hydrogen-bond donors (Lipinski definition) is 1. The highest BCUT2D eigenvalue weighted by Crippen LogP contribution is 2.27. The molecule has 4 aromatic carbocycles. The summed E-state index contributed by atoms with van der Waals surface area (Å²) in [6.45, 7) is 7.31. The molecule has 0 fully saturated rings. The van der Waals surface area contributed by atoms with E-state index in [4.69, 9.17) is 0 Å². The van der Waals surface area contributed by atoms with Gasteiger partial charge in [0, 0.05) is 23.5 Å². The Morgan fingerprint density at radius 1 is 0.822 bits per heavy atom. The topological polar surface area (TPSA) is 86.8 Å². The largest absolute Gasteiger partial charge is 0.352 e. The van der Waals surface area contributed by atoms with Crippen LogP contribution >= 0.6 is 15.9 Å². The normalized spacial score (nSPS) is 12.6. The standard InChI is InChI=1S/C36H40BrN3O4S/c1-5-28(4)38-36(42)34(23-29-12-8-6-9-13-29)39(24-30-16-18-31(37)19-17-30)35(41)25-40(32-21-26(2)20-27(3)22-32)45(43,44)33-14-10-7-11-15-33/h6-22,28,34H,5,23-25H2,1-4H3,(H,38,42)/t28-,34+/m1/s1. The highest BCUT2D eigenvalue weighted by Gasteiger charge is 2.35. The molecule has 0 spiro atoms. The number of carbonyl (C=O) groups is 2. The summed E-state index contributed by atoms with van der Waals surface area (Å²) in [5.41, 5.74) is 3.82. The third kappa shape index (κ3) is 9.05. The molecule has 0 bridgehead atoms. The van der Waals surface area contributed by atoms with E-state index < -0.39 is 28.5 Å². The Bertz CT molecular complexity index is 1680. The zero-order valence-corrected chi connectivity index (χ0v) is 28.5. The van der Waals surface area contributed by atoms with Crippen LogP contribution in [0.15, 0.2) is 112 Å². The Labute approximate surface area is 275 Å². The number of anilines is 1. The molecule has 0 aliphatic heterocycles. The van der Waals surface area contributed by atoms with E-state index >= 15 is 0 Å². The van der Waals surface area contributed by atoms with E-state index in [1.807, 2.05) is 88.4 Å². The maximum Gasteiger partial charge on any atom is 0.264 e. The quantitative estimate of drug-likeness (QED) is 0.167. The summed E-state index contributed by atoms with van der Waals surface area (Å²) in [5, 5.41) is 3.06. The van der Waals surface area contributed by atoms with Gasteiger partial charge in [0.2, 0.25) is 11.8 Å². The van der Waals surface area contributed by atoms with Crippen molar-refractivity contribution in [3.05, 3.63) is 130 Å². The Balaban J connectivity index is 1.82. The van der Waals surface area contributed by atoms with Gasteiger partial charge in [0.1, 0.15) is 12.6 Å². The summed E-state index contributed by atoms with van der Waals surface area (Å²) >= 11 is 3.47. The number of hydrogen-bond acceptors (Lipinski definition) is 4. The molecule has 4 aromatic rings. The summed E-state index contributed by atoms with van der Waals surface area (Å²) in [5.74, 6) is -0.778. The van der Waals surface area contributed by atoms with Gasteiger partial charge in [-0.25, -0.2) is 8.42 Å². The van der Waals surface area contributed by atoms with Gasteiger partial charge in [-0.2, -0.15) is 0 Å². The van der Waals surface area contributed by atoms with Crippen molar-refractivity contribution in [3.63, 3.8) is 0 Å². The number of halogens is 1. The van der Waals surface area contributed by atoms with Crippen molar-refractivity contribution in [3.8, 4) is 0 Å². The Hall–Kier alpha value is -3.95. The van der Waals surface area contributed by atoms with Gasteiger partial charge in [0.15, 0.2) is 0 Å². The fraction of sp³-hybridized carbons (Fsp3) is 0.278. The zero-order valence-electron chi connectivity index (χ0n) is 26.1. The minimum Gasteiger partial charge on any atom is -0.352 e. The smallest absolute Gasteiger partial charge is 0.264 e. The van der Waals surface area contributed by atoms with Crippen LogP contribution in [0.2, 0.25) is 0 Å². The van der Waals surface area contributed by atoms with Crippen molar-refractivity contribution in [2.24, 2.45) is 0 Å². The van der Waals surface area contributed by atoms with Crippen LogP contribution in [0, 0.1) is 13.8 Å². The molecule has 2 amide bonds. The summed E-state index contributed by atoms with van der Waals surface area (Å²) in [7, 11) is -4.14. The average Bonchev–Trinajstić information content (AvgIpc) is 3.02. The molecule has 0 radical (unpaired) electrons.